The van der Waals surface area contributed by atoms with E-state index in [1.165, 1.54) is 0 Å². The molecule has 0 aromatic heterocycles. The Kier molecular flexibility index (Phi) is 3.72. The van der Waals surface area contributed by atoms with Gasteiger partial charge in [0.2, 0.25) is 0 Å². The molecule has 96 valence electrons. The maximum atomic E-state index is 9.90. The van der Waals surface area contributed by atoms with Crippen LogP contribution in [0.4, 0.5) is 5.69 Å². The fourth-order valence-electron chi connectivity index (χ4n) is 2.04. The maximum Gasteiger partial charge on any atom is 0.120 e. The minimum Gasteiger partial charge on any atom is -0.508 e. The number of aromatic hydroxyl groups is 1. The summed E-state index contributed by atoms with van der Waals surface area (Å²) in [4.78, 5) is 0. The molecular formula is C16H16N2O. The second kappa shape index (κ2) is 5.45. The van der Waals surface area contributed by atoms with Crippen molar-refractivity contribution in [2.45, 2.75) is 19.9 Å². The van der Waals surface area contributed by atoms with Crippen molar-refractivity contribution in [3.63, 3.8) is 0 Å². The second-order valence-electron chi connectivity index (χ2n) is 4.59. The van der Waals surface area contributed by atoms with Gasteiger partial charge in [0.15, 0.2) is 0 Å². The number of nitriles is 1. The monoisotopic (exact) mass is 252 g/mol. The molecule has 0 aliphatic rings. The Bertz CT molecular complexity index is 629. The number of hydrogen-bond donors (Lipinski definition) is 2. The Balaban J connectivity index is 2.28. The first-order chi connectivity index (χ1) is 9.11. The highest BCUT2D eigenvalue weighted by Crippen LogP contribution is 2.28. The van der Waals surface area contributed by atoms with Crippen molar-refractivity contribution in [1.82, 2.24) is 0 Å². The van der Waals surface area contributed by atoms with Gasteiger partial charge < -0.3 is 10.4 Å². The lowest BCUT2D eigenvalue weighted by Gasteiger charge is -2.18. The third-order valence-electron chi connectivity index (χ3n) is 3.07. The standard InChI is InChI=1S/C16H16N2O/c1-11-7-8-16(19)14(9-11)12(2)18-15-6-4-3-5-13(15)10-17/h3-9,12,18-19H,1-2H3. The number of benzene rings is 2. The molecule has 0 spiro atoms. The molecule has 0 fully saturated rings. The maximum absolute atomic E-state index is 9.90. The number of anilines is 1. The molecule has 1 unspecified atom stereocenters. The van der Waals surface area contributed by atoms with Crippen LogP contribution < -0.4 is 5.32 Å². The average molecular weight is 252 g/mol. The van der Waals surface area contributed by atoms with Crippen LogP contribution in [-0.2, 0) is 0 Å². The summed E-state index contributed by atoms with van der Waals surface area (Å²) in [5.74, 6) is 0.264. The zero-order chi connectivity index (χ0) is 13.8. The number of aryl methyl sites for hydroxylation is 1. The van der Waals surface area contributed by atoms with Gasteiger partial charge in [0.05, 0.1) is 17.3 Å². The quantitative estimate of drug-likeness (QED) is 0.874. The second-order valence-corrected chi connectivity index (χ2v) is 4.59. The topological polar surface area (TPSA) is 56.0 Å². The Labute approximate surface area is 113 Å². The molecule has 2 aromatic rings. The summed E-state index contributed by atoms with van der Waals surface area (Å²) in [6, 6.07) is 14.9. The molecule has 2 rings (SSSR count). The number of para-hydroxylation sites is 1. The summed E-state index contributed by atoms with van der Waals surface area (Å²) < 4.78 is 0. The Morgan fingerprint density at radius 1 is 1.21 bits per heavy atom. The van der Waals surface area contributed by atoms with E-state index in [1.807, 2.05) is 44.2 Å². The van der Waals surface area contributed by atoms with Crippen LogP contribution in [-0.4, -0.2) is 5.11 Å². The zero-order valence-corrected chi connectivity index (χ0v) is 11.0. The molecule has 1 atom stereocenters. The molecule has 2 aromatic carbocycles. The van der Waals surface area contributed by atoms with E-state index in [0.29, 0.717) is 5.56 Å². The Morgan fingerprint density at radius 3 is 2.68 bits per heavy atom. The predicted molar refractivity (Wildman–Crippen MR) is 76.0 cm³/mol. The molecule has 0 heterocycles. The number of phenols is 1. The van der Waals surface area contributed by atoms with Crippen molar-refractivity contribution < 1.29 is 5.11 Å². The lowest BCUT2D eigenvalue weighted by molar-refractivity contribution is 0.465. The van der Waals surface area contributed by atoms with E-state index in [1.54, 1.807) is 12.1 Å². The fraction of sp³-hybridized carbons (Fsp3) is 0.188. The summed E-state index contributed by atoms with van der Waals surface area (Å²) >= 11 is 0. The van der Waals surface area contributed by atoms with Gasteiger partial charge in [-0.15, -0.1) is 0 Å². The van der Waals surface area contributed by atoms with Gasteiger partial charge in [0, 0.05) is 5.56 Å². The van der Waals surface area contributed by atoms with Gasteiger partial charge in [0.1, 0.15) is 11.8 Å². The predicted octanol–water partition coefficient (Wildman–Crippen LogP) is 3.75. The minimum atomic E-state index is -0.0746. The van der Waals surface area contributed by atoms with E-state index < -0.39 is 0 Å². The first-order valence-corrected chi connectivity index (χ1v) is 6.17. The van der Waals surface area contributed by atoms with Crippen molar-refractivity contribution in [3.05, 3.63) is 59.2 Å². The first-order valence-electron chi connectivity index (χ1n) is 6.17. The van der Waals surface area contributed by atoms with Gasteiger partial charge in [-0.3, -0.25) is 0 Å². The number of nitrogens with zero attached hydrogens (tertiary/aromatic N) is 1. The molecule has 0 saturated carbocycles. The van der Waals surface area contributed by atoms with Crippen LogP contribution in [0, 0.1) is 18.3 Å². The number of rotatable bonds is 3. The molecule has 19 heavy (non-hydrogen) atoms. The highest BCUT2D eigenvalue weighted by atomic mass is 16.3. The van der Waals surface area contributed by atoms with E-state index in [4.69, 9.17) is 5.26 Å². The van der Waals surface area contributed by atoms with Crippen LogP contribution in [0.5, 0.6) is 5.75 Å². The van der Waals surface area contributed by atoms with Crippen molar-refractivity contribution in [3.8, 4) is 11.8 Å². The molecule has 2 N–H and O–H groups in total. The van der Waals surface area contributed by atoms with Crippen LogP contribution in [0.2, 0.25) is 0 Å². The normalized spacial score (nSPS) is 11.6. The summed E-state index contributed by atoms with van der Waals surface area (Å²) in [7, 11) is 0. The van der Waals surface area contributed by atoms with Crippen LogP contribution in [0.3, 0.4) is 0 Å². The Morgan fingerprint density at radius 2 is 1.95 bits per heavy atom. The van der Waals surface area contributed by atoms with E-state index in [0.717, 1.165) is 16.8 Å². The van der Waals surface area contributed by atoms with Gasteiger partial charge in [-0.05, 0) is 32.0 Å². The van der Waals surface area contributed by atoms with Crippen LogP contribution in [0.1, 0.15) is 29.7 Å². The largest absolute Gasteiger partial charge is 0.508 e. The summed E-state index contributed by atoms with van der Waals surface area (Å²) in [5, 5.41) is 22.2. The Hall–Kier alpha value is -2.47. The van der Waals surface area contributed by atoms with Crippen molar-refractivity contribution >= 4 is 5.69 Å². The van der Waals surface area contributed by atoms with E-state index in [9.17, 15) is 5.11 Å². The third kappa shape index (κ3) is 2.86. The van der Waals surface area contributed by atoms with E-state index in [-0.39, 0.29) is 11.8 Å². The first kappa shape index (κ1) is 13.0. The van der Waals surface area contributed by atoms with Crippen molar-refractivity contribution in [2.24, 2.45) is 0 Å². The van der Waals surface area contributed by atoms with Gasteiger partial charge in [-0.25, -0.2) is 0 Å². The molecule has 3 heteroatoms. The van der Waals surface area contributed by atoms with E-state index >= 15 is 0 Å². The molecule has 0 bridgehead atoms. The highest BCUT2D eigenvalue weighted by molar-refractivity contribution is 5.58. The zero-order valence-electron chi connectivity index (χ0n) is 11.0. The highest BCUT2D eigenvalue weighted by Gasteiger charge is 2.12. The van der Waals surface area contributed by atoms with Crippen molar-refractivity contribution in [2.75, 3.05) is 5.32 Å². The van der Waals surface area contributed by atoms with E-state index in [2.05, 4.69) is 11.4 Å². The molecule has 0 aliphatic carbocycles. The minimum absolute atomic E-state index is 0.0746. The average Bonchev–Trinajstić information content (AvgIpc) is 2.42. The lowest BCUT2D eigenvalue weighted by atomic mass is 10.0. The molecular weight excluding hydrogens is 236 g/mol. The van der Waals surface area contributed by atoms with Gasteiger partial charge in [-0.1, -0.05) is 29.8 Å². The molecule has 0 amide bonds. The van der Waals surface area contributed by atoms with Gasteiger partial charge >= 0.3 is 0 Å². The molecule has 0 radical (unpaired) electrons. The molecule has 0 aliphatic heterocycles. The SMILES string of the molecule is Cc1ccc(O)c(C(C)Nc2ccccc2C#N)c1. The van der Waals surface area contributed by atoms with Crippen molar-refractivity contribution in [1.29, 1.82) is 5.26 Å². The summed E-state index contributed by atoms with van der Waals surface area (Å²) in [6.45, 7) is 3.95. The van der Waals surface area contributed by atoms with Gasteiger partial charge in [-0.2, -0.15) is 5.26 Å². The smallest absolute Gasteiger partial charge is 0.120 e. The summed E-state index contributed by atoms with van der Waals surface area (Å²) in [5.41, 5.74) is 3.29. The van der Waals surface area contributed by atoms with Crippen LogP contribution in [0.25, 0.3) is 0 Å². The summed E-state index contributed by atoms with van der Waals surface area (Å²) in [6.07, 6.45) is 0. The molecule has 3 nitrogen and oxygen atoms in total. The number of phenolic OH excluding ortho intramolecular Hbond substituents is 1. The van der Waals surface area contributed by atoms with Crippen LogP contribution in [0.15, 0.2) is 42.5 Å². The van der Waals surface area contributed by atoms with Crippen LogP contribution >= 0.6 is 0 Å². The number of hydrogen-bond acceptors (Lipinski definition) is 3. The number of nitrogens with one attached hydrogen (secondary N) is 1. The lowest BCUT2D eigenvalue weighted by Crippen LogP contribution is -2.08. The third-order valence-corrected chi connectivity index (χ3v) is 3.07. The molecule has 0 saturated heterocycles. The van der Waals surface area contributed by atoms with Gasteiger partial charge in [0.25, 0.3) is 0 Å². The fourth-order valence-corrected chi connectivity index (χ4v) is 2.04.